The van der Waals surface area contributed by atoms with Crippen LogP contribution in [0, 0.1) is 10.1 Å². The zero-order chi connectivity index (χ0) is 14.4. The lowest BCUT2D eigenvalue weighted by Gasteiger charge is -2.30. The Hall–Kier alpha value is -2.16. The van der Waals surface area contributed by atoms with Crippen molar-refractivity contribution in [1.82, 2.24) is 9.38 Å². The normalized spacial score (nSPS) is 11.7. The summed E-state index contributed by atoms with van der Waals surface area (Å²) in [6, 6.07) is 0. The lowest BCUT2D eigenvalue weighted by molar-refractivity contribution is -0.389. The van der Waals surface area contributed by atoms with Crippen LogP contribution in [0.5, 0.6) is 0 Å². The SMILES string of the molecule is CN(c1nc2sccn2c1[N+](=O)[O-])C(C)(C)C(=O)O. The average molecular weight is 284 g/mol. The van der Waals surface area contributed by atoms with Crippen molar-refractivity contribution in [1.29, 1.82) is 0 Å². The van der Waals surface area contributed by atoms with Gasteiger partial charge in [-0.3, -0.25) is 0 Å². The molecule has 0 spiro atoms. The molecule has 0 aliphatic rings. The number of imidazole rings is 1. The van der Waals surface area contributed by atoms with Gasteiger partial charge in [0.25, 0.3) is 4.96 Å². The summed E-state index contributed by atoms with van der Waals surface area (Å²) in [7, 11) is 1.48. The van der Waals surface area contributed by atoms with Crippen LogP contribution in [0.3, 0.4) is 0 Å². The van der Waals surface area contributed by atoms with Gasteiger partial charge in [-0.05, 0) is 18.8 Å². The first-order valence-corrected chi connectivity index (χ1v) is 6.22. The molecule has 2 heterocycles. The van der Waals surface area contributed by atoms with E-state index in [0.29, 0.717) is 4.96 Å². The Morgan fingerprint density at radius 2 is 2.26 bits per heavy atom. The van der Waals surface area contributed by atoms with E-state index in [1.54, 1.807) is 5.38 Å². The van der Waals surface area contributed by atoms with Gasteiger partial charge in [0, 0.05) is 12.4 Å². The summed E-state index contributed by atoms with van der Waals surface area (Å²) < 4.78 is 1.34. The maximum absolute atomic E-state index is 11.2. The quantitative estimate of drug-likeness (QED) is 0.676. The molecule has 2 aromatic heterocycles. The lowest BCUT2D eigenvalue weighted by atomic mass is 10.0. The number of likely N-dealkylation sites (N-methyl/N-ethyl adjacent to an activating group) is 1. The molecule has 0 unspecified atom stereocenters. The van der Waals surface area contributed by atoms with Gasteiger partial charge in [0.15, 0.2) is 0 Å². The van der Waals surface area contributed by atoms with Gasteiger partial charge in [-0.15, -0.1) is 0 Å². The number of carbonyl (C=O) groups is 1. The van der Waals surface area contributed by atoms with Crippen molar-refractivity contribution < 1.29 is 14.8 Å². The van der Waals surface area contributed by atoms with Crippen molar-refractivity contribution in [3.8, 4) is 0 Å². The van der Waals surface area contributed by atoms with Crippen LogP contribution < -0.4 is 4.90 Å². The van der Waals surface area contributed by atoms with Gasteiger partial charge in [0.2, 0.25) is 5.82 Å². The Kier molecular flexibility index (Phi) is 2.93. The second-order valence-corrected chi connectivity index (χ2v) is 5.37. The topological polar surface area (TPSA) is 101 Å². The minimum absolute atomic E-state index is 0.0456. The Labute approximate surface area is 112 Å². The Morgan fingerprint density at radius 3 is 2.79 bits per heavy atom. The first-order valence-electron chi connectivity index (χ1n) is 5.34. The standard InChI is InChI=1S/C10H12N4O4S/c1-10(2,8(15)16)12(3)6-7(14(17)18)13-4-5-19-9(13)11-6/h4-5H,1-3H3,(H,15,16). The smallest absolute Gasteiger partial charge is 0.373 e. The number of hydrogen-bond donors (Lipinski definition) is 1. The largest absolute Gasteiger partial charge is 0.480 e. The van der Waals surface area contributed by atoms with Crippen molar-refractivity contribution in [2.75, 3.05) is 11.9 Å². The van der Waals surface area contributed by atoms with Crippen LogP contribution in [-0.4, -0.2) is 38.0 Å². The summed E-state index contributed by atoms with van der Waals surface area (Å²) in [6.45, 7) is 2.93. The molecule has 1 N–H and O–H groups in total. The molecule has 0 radical (unpaired) electrons. The van der Waals surface area contributed by atoms with Crippen LogP contribution in [0.1, 0.15) is 13.8 Å². The highest BCUT2D eigenvalue weighted by Gasteiger charge is 2.38. The van der Waals surface area contributed by atoms with Crippen LogP contribution >= 0.6 is 11.3 Å². The number of carboxylic acid groups (broad SMARTS) is 1. The highest BCUT2D eigenvalue weighted by molar-refractivity contribution is 7.15. The van der Waals surface area contributed by atoms with E-state index in [0.717, 1.165) is 0 Å². The third-order valence-electron chi connectivity index (χ3n) is 3.07. The highest BCUT2D eigenvalue weighted by Crippen LogP contribution is 2.33. The van der Waals surface area contributed by atoms with Gasteiger partial charge in [-0.25, -0.2) is 4.79 Å². The monoisotopic (exact) mass is 284 g/mol. The molecular formula is C10H12N4O4S. The van der Waals surface area contributed by atoms with Gasteiger partial charge < -0.3 is 20.1 Å². The van der Waals surface area contributed by atoms with Gasteiger partial charge in [-0.1, -0.05) is 11.3 Å². The van der Waals surface area contributed by atoms with Crippen molar-refractivity contribution in [2.24, 2.45) is 0 Å². The number of nitrogens with zero attached hydrogens (tertiary/aromatic N) is 4. The van der Waals surface area contributed by atoms with Crippen LogP contribution in [-0.2, 0) is 4.79 Å². The Bertz CT molecular complexity index is 660. The summed E-state index contributed by atoms with van der Waals surface area (Å²) in [5.74, 6) is -1.27. The number of nitro groups is 1. The predicted molar refractivity (Wildman–Crippen MR) is 69.8 cm³/mol. The van der Waals surface area contributed by atoms with Crippen LogP contribution in [0.15, 0.2) is 11.6 Å². The van der Waals surface area contributed by atoms with E-state index in [2.05, 4.69) is 4.98 Å². The molecule has 19 heavy (non-hydrogen) atoms. The molecule has 0 atom stereocenters. The van der Waals surface area contributed by atoms with Gasteiger partial charge in [0.1, 0.15) is 11.7 Å². The van der Waals surface area contributed by atoms with E-state index in [1.807, 2.05) is 0 Å². The molecule has 0 aliphatic carbocycles. The van der Waals surface area contributed by atoms with Crippen molar-refractivity contribution >= 4 is 33.9 Å². The maximum Gasteiger partial charge on any atom is 0.373 e. The molecule has 0 fully saturated rings. The van der Waals surface area contributed by atoms with Crippen LogP contribution in [0.2, 0.25) is 0 Å². The number of aromatic nitrogens is 2. The predicted octanol–water partition coefficient (Wildman–Crippen LogP) is 1.60. The summed E-state index contributed by atoms with van der Waals surface area (Å²) in [5, 5.41) is 22.0. The average Bonchev–Trinajstić information content (AvgIpc) is 2.85. The zero-order valence-electron chi connectivity index (χ0n) is 10.5. The highest BCUT2D eigenvalue weighted by atomic mass is 32.1. The molecule has 0 saturated heterocycles. The minimum Gasteiger partial charge on any atom is -0.480 e. The number of carboxylic acids is 1. The number of hydrogen-bond acceptors (Lipinski definition) is 6. The molecule has 2 rings (SSSR count). The third-order valence-corrected chi connectivity index (χ3v) is 3.83. The van der Waals surface area contributed by atoms with E-state index in [1.165, 1.54) is 47.7 Å². The molecule has 2 aromatic rings. The van der Waals surface area contributed by atoms with Crippen LogP contribution in [0.4, 0.5) is 11.6 Å². The molecule has 0 aliphatic heterocycles. The minimum atomic E-state index is -1.30. The van der Waals surface area contributed by atoms with Crippen molar-refractivity contribution in [3.63, 3.8) is 0 Å². The summed E-state index contributed by atoms with van der Waals surface area (Å²) in [5.41, 5.74) is -1.30. The third kappa shape index (κ3) is 1.91. The van der Waals surface area contributed by atoms with E-state index < -0.39 is 16.4 Å². The fourth-order valence-electron chi connectivity index (χ4n) is 1.57. The molecule has 0 bridgehead atoms. The van der Waals surface area contributed by atoms with Crippen LogP contribution in [0.25, 0.3) is 4.96 Å². The summed E-state index contributed by atoms with van der Waals surface area (Å²) in [4.78, 5) is 27.7. The molecule has 102 valence electrons. The van der Waals surface area contributed by atoms with E-state index >= 15 is 0 Å². The number of thiazole rings is 1. The zero-order valence-corrected chi connectivity index (χ0v) is 11.3. The Morgan fingerprint density at radius 1 is 1.63 bits per heavy atom. The van der Waals surface area contributed by atoms with Gasteiger partial charge in [-0.2, -0.15) is 9.38 Å². The lowest BCUT2D eigenvalue weighted by Crippen LogP contribution is -2.48. The fraction of sp³-hybridized carbons (Fsp3) is 0.400. The van der Waals surface area contributed by atoms with Gasteiger partial charge >= 0.3 is 11.8 Å². The number of aliphatic carboxylic acids is 1. The van der Waals surface area contributed by atoms with Crippen molar-refractivity contribution in [2.45, 2.75) is 19.4 Å². The van der Waals surface area contributed by atoms with Gasteiger partial charge in [0.05, 0.1) is 0 Å². The second-order valence-electron chi connectivity index (χ2n) is 4.49. The van der Waals surface area contributed by atoms with E-state index in [9.17, 15) is 20.0 Å². The summed E-state index contributed by atoms with van der Waals surface area (Å²) >= 11 is 1.25. The fourth-order valence-corrected chi connectivity index (χ4v) is 2.27. The van der Waals surface area contributed by atoms with E-state index in [-0.39, 0.29) is 11.6 Å². The first kappa shape index (κ1) is 13.3. The second kappa shape index (κ2) is 4.19. The van der Waals surface area contributed by atoms with E-state index in [4.69, 9.17) is 0 Å². The Balaban J connectivity index is 2.62. The molecule has 0 aromatic carbocycles. The number of fused-ring (bicyclic) bond motifs is 1. The summed E-state index contributed by atoms with van der Waals surface area (Å²) in [6.07, 6.45) is 1.54. The molecular weight excluding hydrogens is 272 g/mol. The molecule has 0 amide bonds. The maximum atomic E-state index is 11.2. The van der Waals surface area contributed by atoms with Crippen molar-refractivity contribution in [3.05, 3.63) is 21.7 Å². The molecule has 0 saturated carbocycles. The first-order chi connectivity index (χ1) is 8.76. The number of anilines is 1. The number of rotatable bonds is 4. The molecule has 9 heteroatoms. The molecule has 8 nitrogen and oxygen atoms in total.